The van der Waals surface area contributed by atoms with Crippen LogP contribution in [0.4, 0.5) is 0 Å². The average molecular weight is 236 g/mol. The smallest absolute Gasteiger partial charge is 0.230 e. The van der Waals surface area contributed by atoms with E-state index in [9.17, 15) is 4.79 Å². The number of carbonyl (C=O) groups excluding carboxylic acids is 1. The van der Waals surface area contributed by atoms with Crippen molar-refractivity contribution >= 4 is 5.91 Å². The van der Waals surface area contributed by atoms with E-state index in [1.165, 1.54) is 19.3 Å². The van der Waals surface area contributed by atoms with E-state index in [2.05, 4.69) is 24.1 Å². The van der Waals surface area contributed by atoms with Gasteiger partial charge in [0.25, 0.3) is 0 Å². The molecule has 17 heavy (non-hydrogen) atoms. The van der Waals surface area contributed by atoms with Crippen molar-refractivity contribution in [2.45, 2.75) is 45.6 Å². The third-order valence-electron chi connectivity index (χ3n) is 5.39. The highest BCUT2D eigenvalue weighted by atomic mass is 16.2. The van der Waals surface area contributed by atoms with Crippen molar-refractivity contribution in [1.29, 1.82) is 0 Å². The van der Waals surface area contributed by atoms with Gasteiger partial charge in [0.15, 0.2) is 0 Å². The van der Waals surface area contributed by atoms with Gasteiger partial charge in [-0.05, 0) is 44.1 Å². The van der Waals surface area contributed by atoms with Crippen molar-refractivity contribution < 1.29 is 4.79 Å². The zero-order valence-corrected chi connectivity index (χ0v) is 11.0. The molecule has 2 heterocycles. The van der Waals surface area contributed by atoms with Crippen molar-refractivity contribution in [2.24, 2.45) is 17.3 Å². The summed E-state index contributed by atoms with van der Waals surface area (Å²) >= 11 is 0. The molecule has 3 unspecified atom stereocenters. The van der Waals surface area contributed by atoms with Crippen molar-refractivity contribution in [3.63, 3.8) is 0 Å². The van der Waals surface area contributed by atoms with E-state index in [1.807, 2.05) is 0 Å². The quantitative estimate of drug-likeness (QED) is 0.790. The van der Waals surface area contributed by atoms with Crippen molar-refractivity contribution in [1.82, 2.24) is 10.2 Å². The van der Waals surface area contributed by atoms with Crippen molar-refractivity contribution in [3.8, 4) is 0 Å². The lowest BCUT2D eigenvalue weighted by Crippen LogP contribution is -2.50. The molecule has 2 saturated heterocycles. The van der Waals surface area contributed by atoms with E-state index < -0.39 is 0 Å². The van der Waals surface area contributed by atoms with E-state index in [0.717, 1.165) is 32.0 Å². The molecule has 96 valence electrons. The van der Waals surface area contributed by atoms with Gasteiger partial charge >= 0.3 is 0 Å². The number of nitrogens with one attached hydrogen (secondary N) is 1. The topological polar surface area (TPSA) is 32.3 Å². The van der Waals surface area contributed by atoms with Gasteiger partial charge in [0.2, 0.25) is 5.91 Å². The number of rotatable bonds is 2. The number of hydrogen-bond donors (Lipinski definition) is 1. The molecule has 0 radical (unpaired) electrons. The average Bonchev–Trinajstić information content (AvgIpc) is 3.03. The predicted octanol–water partition coefficient (Wildman–Crippen LogP) is 1.63. The van der Waals surface area contributed by atoms with Crippen LogP contribution in [0.2, 0.25) is 0 Å². The lowest BCUT2D eigenvalue weighted by molar-refractivity contribution is -0.145. The largest absolute Gasteiger partial charge is 0.339 e. The van der Waals surface area contributed by atoms with Crippen LogP contribution < -0.4 is 5.32 Å². The first kappa shape index (κ1) is 11.5. The Morgan fingerprint density at radius 3 is 2.71 bits per heavy atom. The Kier molecular flexibility index (Phi) is 2.69. The van der Waals surface area contributed by atoms with Crippen LogP contribution in [-0.4, -0.2) is 36.5 Å². The van der Waals surface area contributed by atoms with Gasteiger partial charge < -0.3 is 10.2 Å². The minimum absolute atomic E-state index is 0.107. The van der Waals surface area contributed by atoms with E-state index >= 15 is 0 Å². The zero-order valence-electron chi connectivity index (χ0n) is 11.0. The molecule has 1 saturated carbocycles. The van der Waals surface area contributed by atoms with Crippen molar-refractivity contribution in [3.05, 3.63) is 0 Å². The highest BCUT2D eigenvalue weighted by Gasteiger charge is 2.50. The molecule has 2 bridgehead atoms. The normalized spacial score (nSPS) is 40.5. The molecule has 3 rings (SSSR count). The summed E-state index contributed by atoms with van der Waals surface area (Å²) in [6.07, 6.45) is 4.89. The van der Waals surface area contributed by atoms with Gasteiger partial charge in [-0.25, -0.2) is 0 Å². The summed E-state index contributed by atoms with van der Waals surface area (Å²) in [7, 11) is 0. The van der Waals surface area contributed by atoms with Crippen LogP contribution in [0.15, 0.2) is 0 Å². The Hall–Kier alpha value is -0.570. The van der Waals surface area contributed by atoms with Crippen LogP contribution in [-0.2, 0) is 4.79 Å². The number of hydrogen-bond acceptors (Lipinski definition) is 2. The van der Waals surface area contributed by atoms with Gasteiger partial charge in [-0.3, -0.25) is 4.79 Å². The molecule has 1 aliphatic carbocycles. The summed E-state index contributed by atoms with van der Waals surface area (Å²) < 4.78 is 0. The molecule has 3 aliphatic rings. The van der Waals surface area contributed by atoms with Crippen LogP contribution in [0.5, 0.6) is 0 Å². The third-order valence-corrected chi connectivity index (χ3v) is 5.39. The van der Waals surface area contributed by atoms with Gasteiger partial charge in [-0.1, -0.05) is 13.8 Å². The Morgan fingerprint density at radius 1 is 1.41 bits per heavy atom. The Balaban J connectivity index is 1.80. The fraction of sp³-hybridized carbons (Fsp3) is 0.929. The zero-order chi connectivity index (χ0) is 12.0. The first-order valence-corrected chi connectivity index (χ1v) is 7.15. The summed E-state index contributed by atoms with van der Waals surface area (Å²) in [5.41, 5.74) is -0.107. The van der Waals surface area contributed by atoms with Crippen LogP contribution in [0.1, 0.15) is 39.5 Å². The molecule has 0 aromatic carbocycles. The lowest BCUT2D eigenvalue weighted by Gasteiger charge is -2.38. The molecular formula is C14H24N2O. The molecule has 1 N–H and O–H groups in total. The van der Waals surface area contributed by atoms with E-state index in [0.29, 0.717) is 17.9 Å². The number of likely N-dealkylation sites (tertiary alicyclic amines) is 1. The molecule has 3 fully saturated rings. The maximum atomic E-state index is 12.9. The first-order chi connectivity index (χ1) is 8.13. The number of fused-ring (bicyclic) bond motifs is 2. The molecule has 1 amide bonds. The second kappa shape index (κ2) is 3.98. The van der Waals surface area contributed by atoms with Crippen LogP contribution in [0, 0.1) is 17.3 Å². The fourth-order valence-corrected chi connectivity index (χ4v) is 4.09. The molecule has 0 aromatic rings. The lowest BCUT2D eigenvalue weighted by atomic mass is 9.75. The van der Waals surface area contributed by atoms with Crippen LogP contribution >= 0.6 is 0 Å². The monoisotopic (exact) mass is 236 g/mol. The second-order valence-corrected chi connectivity index (χ2v) is 6.53. The van der Waals surface area contributed by atoms with Gasteiger partial charge in [-0.15, -0.1) is 0 Å². The number of piperidine rings is 1. The molecule has 0 aromatic heterocycles. The molecular weight excluding hydrogens is 212 g/mol. The maximum absolute atomic E-state index is 12.9. The molecule has 0 spiro atoms. The maximum Gasteiger partial charge on any atom is 0.230 e. The van der Waals surface area contributed by atoms with Gasteiger partial charge in [0, 0.05) is 19.1 Å². The van der Waals surface area contributed by atoms with E-state index in [1.54, 1.807) is 0 Å². The Labute approximate surface area is 104 Å². The van der Waals surface area contributed by atoms with Crippen LogP contribution in [0.25, 0.3) is 0 Å². The summed E-state index contributed by atoms with van der Waals surface area (Å²) in [5, 5.41) is 3.40. The van der Waals surface area contributed by atoms with Crippen LogP contribution in [0.3, 0.4) is 0 Å². The number of amides is 1. The SMILES string of the molecule is CC(C)C1(C(=O)N2CC3CCC2C3)CCNC1. The number of carbonyl (C=O) groups is 1. The minimum atomic E-state index is -0.107. The Bertz CT molecular complexity index is 320. The first-order valence-electron chi connectivity index (χ1n) is 7.15. The predicted molar refractivity (Wildman–Crippen MR) is 67.6 cm³/mol. The van der Waals surface area contributed by atoms with Gasteiger partial charge in [-0.2, -0.15) is 0 Å². The third kappa shape index (κ3) is 1.62. The standard InChI is InChI=1S/C14H24N2O/c1-10(2)14(5-6-15-9-14)13(17)16-8-11-3-4-12(16)7-11/h10-12,15H,3-9H2,1-2H3. The van der Waals surface area contributed by atoms with Gasteiger partial charge in [0.05, 0.1) is 5.41 Å². The molecule has 3 atom stereocenters. The molecule has 3 nitrogen and oxygen atoms in total. The van der Waals surface area contributed by atoms with E-state index in [-0.39, 0.29) is 5.41 Å². The number of nitrogens with zero attached hydrogens (tertiary/aromatic N) is 1. The summed E-state index contributed by atoms with van der Waals surface area (Å²) in [4.78, 5) is 15.1. The highest BCUT2D eigenvalue weighted by molar-refractivity contribution is 5.84. The molecule has 2 aliphatic heterocycles. The molecule has 3 heteroatoms. The highest BCUT2D eigenvalue weighted by Crippen LogP contribution is 2.43. The minimum Gasteiger partial charge on any atom is -0.339 e. The summed E-state index contributed by atoms with van der Waals surface area (Å²) in [5.74, 6) is 1.70. The second-order valence-electron chi connectivity index (χ2n) is 6.53. The fourth-order valence-electron chi connectivity index (χ4n) is 4.09. The van der Waals surface area contributed by atoms with E-state index in [4.69, 9.17) is 0 Å². The summed E-state index contributed by atoms with van der Waals surface area (Å²) in [6, 6.07) is 0.573. The van der Waals surface area contributed by atoms with Gasteiger partial charge in [0.1, 0.15) is 0 Å². The Morgan fingerprint density at radius 2 is 2.24 bits per heavy atom. The van der Waals surface area contributed by atoms with Crippen molar-refractivity contribution in [2.75, 3.05) is 19.6 Å². The summed E-state index contributed by atoms with van der Waals surface area (Å²) in [6.45, 7) is 7.35.